The monoisotopic (exact) mass is 280 g/mol. The van der Waals surface area contributed by atoms with Gasteiger partial charge in [-0.05, 0) is 30.2 Å². The lowest BCUT2D eigenvalue weighted by Crippen LogP contribution is -2.13. The van der Waals surface area contributed by atoms with E-state index in [1.54, 1.807) is 12.3 Å². The van der Waals surface area contributed by atoms with Gasteiger partial charge in [0.05, 0.1) is 11.1 Å². The van der Waals surface area contributed by atoms with Crippen LogP contribution in [0.5, 0.6) is 0 Å². The predicted molar refractivity (Wildman–Crippen MR) is 82.0 cm³/mol. The van der Waals surface area contributed by atoms with E-state index in [4.69, 9.17) is 5.11 Å². The first kappa shape index (κ1) is 14.8. The molecule has 1 heterocycles. The standard InChI is InChI=1S/C17H16N2O2/c1-2-13-5-3-7-15(11-13)19-17(21)16-8-9-18-12-14(16)6-4-10-20/h3,5,7-9,11-12,20H,2,10H2,1H3,(H,19,21). The maximum Gasteiger partial charge on any atom is 0.257 e. The van der Waals surface area contributed by atoms with Crippen LogP contribution in [0.1, 0.15) is 28.4 Å². The molecule has 0 saturated heterocycles. The number of pyridine rings is 1. The third-order valence-electron chi connectivity index (χ3n) is 2.96. The van der Waals surface area contributed by atoms with Gasteiger partial charge in [0.2, 0.25) is 0 Å². The molecule has 4 heteroatoms. The molecule has 2 rings (SSSR count). The molecule has 106 valence electrons. The molecule has 0 saturated carbocycles. The van der Waals surface area contributed by atoms with Crippen molar-refractivity contribution in [3.63, 3.8) is 0 Å². The van der Waals surface area contributed by atoms with Crippen LogP contribution in [-0.2, 0) is 6.42 Å². The number of carbonyl (C=O) groups is 1. The number of hydrogen-bond donors (Lipinski definition) is 2. The maximum absolute atomic E-state index is 12.3. The largest absolute Gasteiger partial charge is 0.384 e. The Morgan fingerprint density at radius 2 is 2.24 bits per heavy atom. The summed E-state index contributed by atoms with van der Waals surface area (Å²) >= 11 is 0. The quantitative estimate of drug-likeness (QED) is 0.848. The summed E-state index contributed by atoms with van der Waals surface area (Å²) in [5, 5.41) is 11.6. The third-order valence-corrected chi connectivity index (χ3v) is 2.96. The Balaban J connectivity index is 2.24. The molecule has 21 heavy (non-hydrogen) atoms. The topological polar surface area (TPSA) is 62.2 Å². The van der Waals surface area contributed by atoms with Crippen molar-refractivity contribution in [1.29, 1.82) is 0 Å². The molecule has 2 N–H and O–H groups in total. The van der Waals surface area contributed by atoms with Crippen LogP contribution in [0, 0.1) is 11.8 Å². The van der Waals surface area contributed by atoms with Crippen molar-refractivity contribution in [2.45, 2.75) is 13.3 Å². The first-order valence-electron chi connectivity index (χ1n) is 6.68. The second-order valence-corrected chi connectivity index (χ2v) is 4.39. The van der Waals surface area contributed by atoms with Crippen molar-refractivity contribution < 1.29 is 9.90 Å². The number of aliphatic hydroxyl groups excluding tert-OH is 1. The zero-order chi connectivity index (χ0) is 15.1. The normalized spacial score (nSPS) is 9.62. The van der Waals surface area contributed by atoms with E-state index in [9.17, 15) is 4.79 Å². The Labute approximate surface area is 123 Å². The minimum Gasteiger partial charge on any atom is -0.384 e. The summed E-state index contributed by atoms with van der Waals surface area (Å²) in [5.74, 6) is 5.01. The van der Waals surface area contributed by atoms with E-state index < -0.39 is 0 Å². The molecule has 0 aliphatic rings. The number of benzene rings is 1. The Kier molecular flexibility index (Phi) is 5.08. The van der Waals surface area contributed by atoms with E-state index in [0.29, 0.717) is 11.1 Å². The van der Waals surface area contributed by atoms with E-state index >= 15 is 0 Å². The Morgan fingerprint density at radius 1 is 1.38 bits per heavy atom. The molecule has 1 amide bonds. The zero-order valence-corrected chi connectivity index (χ0v) is 11.8. The molecule has 0 atom stereocenters. The highest BCUT2D eigenvalue weighted by atomic mass is 16.2. The average Bonchev–Trinajstić information content (AvgIpc) is 2.53. The second-order valence-electron chi connectivity index (χ2n) is 4.39. The van der Waals surface area contributed by atoms with Crippen LogP contribution in [0.25, 0.3) is 0 Å². The van der Waals surface area contributed by atoms with E-state index in [0.717, 1.165) is 17.7 Å². The van der Waals surface area contributed by atoms with Crippen LogP contribution in [0.15, 0.2) is 42.7 Å². The highest BCUT2D eigenvalue weighted by molar-refractivity contribution is 6.05. The predicted octanol–water partition coefficient (Wildman–Crippen LogP) is 2.24. The molecule has 0 radical (unpaired) electrons. The number of nitrogens with zero attached hydrogens (tertiary/aromatic N) is 1. The van der Waals surface area contributed by atoms with Crippen molar-refractivity contribution in [3.05, 3.63) is 59.4 Å². The SMILES string of the molecule is CCc1cccc(NC(=O)c2ccncc2C#CCO)c1. The van der Waals surface area contributed by atoms with E-state index in [1.807, 2.05) is 24.3 Å². The van der Waals surface area contributed by atoms with Crippen LogP contribution in [0.2, 0.25) is 0 Å². The zero-order valence-electron chi connectivity index (χ0n) is 11.8. The molecule has 0 spiro atoms. The highest BCUT2D eigenvalue weighted by Crippen LogP contribution is 2.14. The van der Waals surface area contributed by atoms with Crippen molar-refractivity contribution >= 4 is 11.6 Å². The molecule has 0 fully saturated rings. The number of amides is 1. The smallest absolute Gasteiger partial charge is 0.257 e. The van der Waals surface area contributed by atoms with Crippen LogP contribution in [0.3, 0.4) is 0 Å². The van der Waals surface area contributed by atoms with Crippen LogP contribution in [0.4, 0.5) is 5.69 Å². The lowest BCUT2D eigenvalue weighted by Gasteiger charge is -2.08. The fraction of sp³-hybridized carbons (Fsp3) is 0.176. The number of anilines is 1. The number of nitrogens with one attached hydrogen (secondary N) is 1. The minimum atomic E-state index is -0.255. The van der Waals surface area contributed by atoms with Gasteiger partial charge in [-0.25, -0.2) is 0 Å². The van der Waals surface area contributed by atoms with Gasteiger partial charge < -0.3 is 10.4 Å². The van der Waals surface area contributed by atoms with Crippen LogP contribution < -0.4 is 5.32 Å². The average molecular weight is 280 g/mol. The minimum absolute atomic E-state index is 0.243. The van der Waals surface area contributed by atoms with Crippen molar-refractivity contribution in [2.75, 3.05) is 11.9 Å². The van der Waals surface area contributed by atoms with Gasteiger partial charge in [0.1, 0.15) is 6.61 Å². The number of aryl methyl sites for hydroxylation is 1. The third kappa shape index (κ3) is 3.91. The fourth-order valence-electron chi connectivity index (χ4n) is 1.89. The van der Waals surface area contributed by atoms with Gasteiger partial charge in [0.15, 0.2) is 0 Å². The van der Waals surface area contributed by atoms with E-state index in [2.05, 4.69) is 29.1 Å². The first-order valence-corrected chi connectivity index (χ1v) is 6.68. The van der Waals surface area contributed by atoms with Crippen molar-refractivity contribution in [3.8, 4) is 11.8 Å². The Hall–Kier alpha value is -2.64. The summed E-state index contributed by atoms with van der Waals surface area (Å²) in [7, 11) is 0. The van der Waals surface area contributed by atoms with Crippen LogP contribution in [-0.4, -0.2) is 22.6 Å². The first-order chi connectivity index (χ1) is 10.2. The number of carbonyl (C=O) groups excluding carboxylic acids is 1. The number of rotatable bonds is 3. The van der Waals surface area contributed by atoms with Gasteiger partial charge in [0.25, 0.3) is 5.91 Å². The van der Waals surface area contributed by atoms with Gasteiger partial charge in [-0.2, -0.15) is 0 Å². The van der Waals surface area contributed by atoms with E-state index in [-0.39, 0.29) is 12.5 Å². The lowest BCUT2D eigenvalue weighted by atomic mass is 10.1. The van der Waals surface area contributed by atoms with Gasteiger partial charge >= 0.3 is 0 Å². The summed E-state index contributed by atoms with van der Waals surface area (Å²) < 4.78 is 0. The van der Waals surface area contributed by atoms with Crippen LogP contribution >= 0.6 is 0 Å². The highest BCUT2D eigenvalue weighted by Gasteiger charge is 2.10. The molecule has 0 unspecified atom stereocenters. The number of aromatic nitrogens is 1. The van der Waals surface area contributed by atoms with Gasteiger partial charge in [-0.1, -0.05) is 30.9 Å². The molecule has 0 aliphatic heterocycles. The van der Waals surface area contributed by atoms with Gasteiger partial charge in [-0.3, -0.25) is 9.78 Å². The number of hydrogen-bond acceptors (Lipinski definition) is 3. The summed E-state index contributed by atoms with van der Waals surface area (Å²) in [4.78, 5) is 16.3. The fourth-order valence-corrected chi connectivity index (χ4v) is 1.89. The molecule has 2 aromatic rings. The lowest BCUT2D eigenvalue weighted by molar-refractivity contribution is 0.102. The summed E-state index contributed by atoms with van der Waals surface area (Å²) in [5.41, 5.74) is 2.84. The van der Waals surface area contributed by atoms with Crippen molar-refractivity contribution in [2.24, 2.45) is 0 Å². The van der Waals surface area contributed by atoms with E-state index in [1.165, 1.54) is 6.20 Å². The molecular formula is C17H16N2O2. The summed E-state index contributed by atoms with van der Waals surface area (Å²) in [6, 6.07) is 9.32. The molecular weight excluding hydrogens is 264 g/mol. The summed E-state index contributed by atoms with van der Waals surface area (Å²) in [6.45, 7) is 1.81. The molecule has 0 bridgehead atoms. The molecule has 4 nitrogen and oxygen atoms in total. The van der Waals surface area contributed by atoms with Crippen molar-refractivity contribution in [1.82, 2.24) is 4.98 Å². The molecule has 0 aliphatic carbocycles. The van der Waals surface area contributed by atoms with Gasteiger partial charge in [-0.15, -0.1) is 0 Å². The molecule has 1 aromatic heterocycles. The Morgan fingerprint density at radius 3 is 3.00 bits per heavy atom. The number of aliphatic hydroxyl groups is 1. The maximum atomic E-state index is 12.3. The summed E-state index contributed by atoms with van der Waals surface area (Å²) in [6.07, 6.45) is 3.97. The molecule has 1 aromatic carbocycles. The second kappa shape index (κ2) is 7.22. The Bertz CT molecular complexity index is 699. The van der Waals surface area contributed by atoms with Gasteiger partial charge in [0, 0.05) is 18.1 Å².